The Morgan fingerprint density at radius 3 is 2.58 bits per heavy atom. The van der Waals surface area contributed by atoms with E-state index in [-0.39, 0.29) is 5.91 Å². The van der Waals surface area contributed by atoms with Gasteiger partial charge in [0.2, 0.25) is 0 Å². The molecule has 0 bridgehead atoms. The van der Waals surface area contributed by atoms with Crippen molar-refractivity contribution in [3.05, 3.63) is 23.8 Å². The molecule has 4 N–H and O–H groups in total. The van der Waals surface area contributed by atoms with Crippen LogP contribution >= 0.6 is 0 Å². The molecule has 1 rings (SSSR count). The maximum absolute atomic E-state index is 11.8. The summed E-state index contributed by atoms with van der Waals surface area (Å²) in [6.07, 6.45) is 0.650. The number of carbonyl (C=O) groups is 1. The number of nitrogens with two attached hydrogens (primary N) is 1. The van der Waals surface area contributed by atoms with Crippen LogP contribution in [0.2, 0.25) is 0 Å². The van der Waals surface area contributed by atoms with Crippen molar-refractivity contribution in [2.45, 2.75) is 25.9 Å². The first-order valence-electron chi connectivity index (χ1n) is 6.34. The molecule has 0 heterocycles. The summed E-state index contributed by atoms with van der Waals surface area (Å²) in [5, 5.41) is 13.0. The van der Waals surface area contributed by atoms with Gasteiger partial charge < -0.3 is 21.1 Å². The van der Waals surface area contributed by atoms with E-state index in [0.29, 0.717) is 24.2 Å². The number of benzene rings is 1. The van der Waals surface area contributed by atoms with Gasteiger partial charge in [0, 0.05) is 26.2 Å². The van der Waals surface area contributed by atoms with E-state index in [1.807, 2.05) is 6.92 Å². The van der Waals surface area contributed by atoms with Crippen molar-refractivity contribution >= 4 is 17.3 Å². The van der Waals surface area contributed by atoms with Gasteiger partial charge in [-0.2, -0.15) is 0 Å². The molecule has 0 fully saturated rings. The highest BCUT2D eigenvalue weighted by molar-refractivity contribution is 5.95. The molecular formula is C14H23N3O2. The van der Waals surface area contributed by atoms with Gasteiger partial charge in [-0.25, -0.2) is 0 Å². The number of nitrogen functional groups attached to an aromatic ring is 1. The van der Waals surface area contributed by atoms with Crippen LogP contribution in [-0.2, 0) is 0 Å². The predicted molar refractivity (Wildman–Crippen MR) is 78.3 cm³/mol. The molecule has 0 spiro atoms. The van der Waals surface area contributed by atoms with E-state index in [4.69, 9.17) is 5.73 Å². The average Bonchev–Trinajstić information content (AvgIpc) is 2.36. The van der Waals surface area contributed by atoms with Crippen molar-refractivity contribution in [1.82, 2.24) is 4.90 Å². The Bertz CT molecular complexity index is 456. The van der Waals surface area contributed by atoms with Crippen molar-refractivity contribution < 1.29 is 9.90 Å². The van der Waals surface area contributed by atoms with Gasteiger partial charge in [0.25, 0.3) is 5.91 Å². The van der Waals surface area contributed by atoms with Gasteiger partial charge in [0.1, 0.15) is 0 Å². The summed E-state index contributed by atoms with van der Waals surface area (Å²) >= 11 is 0. The first-order valence-corrected chi connectivity index (χ1v) is 6.34. The summed E-state index contributed by atoms with van der Waals surface area (Å²) in [5.74, 6) is -0.0844. The van der Waals surface area contributed by atoms with Crippen LogP contribution in [0.3, 0.4) is 0 Å². The lowest BCUT2D eigenvalue weighted by atomic mass is 10.0. The van der Waals surface area contributed by atoms with Crippen molar-refractivity contribution in [3.63, 3.8) is 0 Å². The normalized spacial score (nSPS) is 13.7. The molecule has 1 amide bonds. The van der Waals surface area contributed by atoms with Crippen LogP contribution in [0.5, 0.6) is 0 Å². The van der Waals surface area contributed by atoms with Gasteiger partial charge >= 0.3 is 0 Å². The summed E-state index contributed by atoms with van der Waals surface area (Å²) in [4.78, 5) is 13.3. The Kier molecular flexibility index (Phi) is 4.78. The Labute approximate surface area is 114 Å². The van der Waals surface area contributed by atoms with E-state index < -0.39 is 5.60 Å². The lowest BCUT2D eigenvalue weighted by Gasteiger charge is -2.23. The van der Waals surface area contributed by atoms with Gasteiger partial charge in [-0.15, -0.1) is 0 Å². The van der Waals surface area contributed by atoms with E-state index in [0.717, 1.165) is 5.69 Å². The molecule has 0 aromatic heterocycles. The Morgan fingerprint density at radius 1 is 1.47 bits per heavy atom. The first-order chi connectivity index (χ1) is 8.76. The lowest BCUT2D eigenvalue weighted by Crippen LogP contribution is -2.32. The molecule has 1 atom stereocenters. The van der Waals surface area contributed by atoms with Crippen molar-refractivity contribution in [2.75, 3.05) is 31.7 Å². The van der Waals surface area contributed by atoms with Crippen LogP contribution < -0.4 is 11.1 Å². The predicted octanol–water partition coefficient (Wildman–Crippen LogP) is 1.54. The number of hydrogen-bond acceptors (Lipinski definition) is 4. The van der Waals surface area contributed by atoms with Crippen LogP contribution in [0.1, 0.15) is 30.6 Å². The van der Waals surface area contributed by atoms with Crippen LogP contribution in [0.15, 0.2) is 18.2 Å². The SMILES string of the molecule is CCC(C)(O)CNc1ccc(C(=O)N(C)C)cc1N. The molecule has 0 saturated carbocycles. The maximum atomic E-state index is 11.8. The van der Waals surface area contributed by atoms with E-state index in [2.05, 4.69) is 5.32 Å². The first kappa shape index (κ1) is 15.3. The standard InChI is InChI=1S/C14H23N3O2/c1-5-14(2,19)9-16-12-7-6-10(8-11(12)15)13(18)17(3)4/h6-8,16,19H,5,9,15H2,1-4H3. The summed E-state index contributed by atoms with van der Waals surface area (Å²) < 4.78 is 0. The third-order valence-corrected chi connectivity index (χ3v) is 3.13. The number of nitrogens with zero attached hydrogens (tertiary/aromatic N) is 1. The molecule has 19 heavy (non-hydrogen) atoms. The molecule has 1 aromatic rings. The molecule has 0 aliphatic rings. The fourth-order valence-corrected chi connectivity index (χ4v) is 1.53. The minimum absolute atomic E-state index is 0.0844. The second-order valence-electron chi connectivity index (χ2n) is 5.21. The average molecular weight is 265 g/mol. The van der Waals surface area contributed by atoms with E-state index in [1.165, 1.54) is 4.90 Å². The van der Waals surface area contributed by atoms with Gasteiger partial charge in [-0.1, -0.05) is 6.92 Å². The van der Waals surface area contributed by atoms with Crippen LogP contribution in [0.4, 0.5) is 11.4 Å². The summed E-state index contributed by atoms with van der Waals surface area (Å²) in [7, 11) is 3.40. The smallest absolute Gasteiger partial charge is 0.253 e. The number of nitrogens with one attached hydrogen (secondary N) is 1. The fourth-order valence-electron chi connectivity index (χ4n) is 1.53. The maximum Gasteiger partial charge on any atom is 0.253 e. The molecule has 1 unspecified atom stereocenters. The Hall–Kier alpha value is -1.75. The number of carbonyl (C=O) groups excluding carboxylic acids is 1. The minimum atomic E-state index is -0.773. The summed E-state index contributed by atoms with van der Waals surface area (Å²) in [5.41, 5.74) is 6.92. The number of aliphatic hydroxyl groups is 1. The minimum Gasteiger partial charge on any atom is -0.397 e. The van der Waals surface area contributed by atoms with Crippen LogP contribution in [0.25, 0.3) is 0 Å². The topological polar surface area (TPSA) is 78.6 Å². The number of anilines is 2. The monoisotopic (exact) mass is 265 g/mol. The fraction of sp³-hybridized carbons (Fsp3) is 0.500. The number of amides is 1. The largest absolute Gasteiger partial charge is 0.397 e. The zero-order valence-electron chi connectivity index (χ0n) is 12.0. The quantitative estimate of drug-likeness (QED) is 0.706. The lowest BCUT2D eigenvalue weighted by molar-refractivity contribution is 0.0697. The molecule has 0 aliphatic carbocycles. The van der Waals surface area contributed by atoms with E-state index in [9.17, 15) is 9.90 Å². The second kappa shape index (κ2) is 5.93. The molecule has 1 aromatic carbocycles. The molecule has 5 heteroatoms. The van der Waals surface area contributed by atoms with E-state index in [1.54, 1.807) is 39.2 Å². The molecule has 106 valence electrons. The zero-order chi connectivity index (χ0) is 14.6. The van der Waals surface area contributed by atoms with Gasteiger partial charge in [-0.05, 0) is 31.5 Å². The second-order valence-corrected chi connectivity index (χ2v) is 5.21. The summed E-state index contributed by atoms with van der Waals surface area (Å²) in [6.45, 7) is 4.10. The van der Waals surface area contributed by atoms with Gasteiger partial charge in [0.05, 0.1) is 17.0 Å². The molecule has 5 nitrogen and oxygen atoms in total. The molecular weight excluding hydrogens is 242 g/mol. The zero-order valence-corrected chi connectivity index (χ0v) is 12.0. The third kappa shape index (κ3) is 4.13. The number of rotatable bonds is 5. The summed E-state index contributed by atoms with van der Waals surface area (Å²) in [6, 6.07) is 5.13. The van der Waals surface area contributed by atoms with Crippen molar-refractivity contribution in [1.29, 1.82) is 0 Å². The van der Waals surface area contributed by atoms with Gasteiger partial charge in [-0.3, -0.25) is 4.79 Å². The van der Waals surface area contributed by atoms with Crippen molar-refractivity contribution in [2.24, 2.45) is 0 Å². The highest BCUT2D eigenvalue weighted by Crippen LogP contribution is 2.21. The van der Waals surface area contributed by atoms with E-state index >= 15 is 0 Å². The highest BCUT2D eigenvalue weighted by Gasteiger charge is 2.17. The Morgan fingerprint density at radius 2 is 2.11 bits per heavy atom. The number of hydrogen-bond donors (Lipinski definition) is 3. The Balaban J connectivity index is 2.81. The molecule has 0 radical (unpaired) electrons. The highest BCUT2D eigenvalue weighted by atomic mass is 16.3. The van der Waals surface area contributed by atoms with Gasteiger partial charge in [0.15, 0.2) is 0 Å². The molecule has 0 saturated heterocycles. The molecule has 0 aliphatic heterocycles. The van der Waals surface area contributed by atoms with Crippen LogP contribution in [-0.4, -0.2) is 42.2 Å². The van der Waals surface area contributed by atoms with Crippen LogP contribution in [0, 0.1) is 0 Å². The van der Waals surface area contributed by atoms with Crippen molar-refractivity contribution in [3.8, 4) is 0 Å². The third-order valence-electron chi connectivity index (χ3n) is 3.13.